The van der Waals surface area contributed by atoms with Gasteiger partial charge in [0.1, 0.15) is 11.8 Å². The minimum absolute atomic E-state index is 0.0883. The summed E-state index contributed by atoms with van der Waals surface area (Å²) in [5, 5.41) is 5.19. The number of anilines is 1. The molecule has 1 N–H and O–H groups in total. The van der Waals surface area contributed by atoms with Gasteiger partial charge < -0.3 is 15.0 Å². The number of hydrogen-bond acceptors (Lipinski definition) is 6. The number of thiazole rings is 1. The molecule has 1 aliphatic heterocycles. The number of amides is 2. The number of carbonyl (C=O) groups excluding carboxylic acids is 2. The van der Waals surface area contributed by atoms with Gasteiger partial charge in [-0.2, -0.15) is 0 Å². The molecule has 8 heteroatoms. The molecule has 1 fully saturated rings. The maximum Gasteiger partial charge on any atom is 0.264 e. The largest absolute Gasteiger partial charge is 0.497 e. The zero-order chi connectivity index (χ0) is 20.4. The highest BCUT2D eigenvalue weighted by Gasteiger charge is 2.35. The molecule has 6 nitrogen and oxygen atoms in total. The molecule has 1 atom stereocenters. The van der Waals surface area contributed by atoms with Crippen LogP contribution in [-0.4, -0.2) is 41.4 Å². The summed E-state index contributed by atoms with van der Waals surface area (Å²) in [7, 11) is 1.64. The van der Waals surface area contributed by atoms with Crippen molar-refractivity contribution in [2.45, 2.75) is 25.8 Å². The number of nitrogens with zero attached hydrogens (tertiary/aromatic N) is 2. The fraction of sp³-hybridized carbons (Fsp3) is 0.286. The van der Waals surface area contributed by atoms with E-state index in [2.05, 4.69) is 10.3 Å². The van der Waals surface area contributed by atoms with Crippen molar-refractivity contribution in [2.75, 3.05) is 19.0 Å². The van der Waals surface area contributed by atoms with Gasteiger partial charge in [-0.3, -0.25) is 9.59 Å². The lowest BCUT2D eigenvalue weighted by Crippen LogP contribution is -2.42. The second-order valence-electron chi connectivity index (χ2n) is 6.79. The fourth-order valence-corrected chi connectivity index (χ4v) is 5.07. The van der Waals surface area contributed by atoms with E-state index in [1.54, 1.807) is 18.2 Å². The number of nitrogens with one attached hydrogen (secondary N) is 1. The molecule has 0 bridgehead atoms. The quantitative estimate of drug-likeness (QED) is 0.654. The lowest BCUT2D eigenvalue weighted by Gasteiger charge is -2.22. The maximum atomic E-state index is 13.2. The highest BCUT2D eigenvalue weighted by Crippen LogP contribution is 2.34. The number of likely N-dealkylation sites (tertiary alicyclic amines) is 1. The van der Waals surface area contributed by atoms with Crippen molar-refractivity contribution in [3.05, 3.63) is 51.7 Å². The van der Waals surface area contributed by atoms with Gasteiger partial charge in [-0.15, -0.1) is 22.7 Å². The van der Waals surface area contributed by atoms with Crippen molar-refractivity contribution in [1.82, 2.24) is 9.88 Å². The fourth-order valence-electron chi connectivity index (χ4n) is 3.54. The Bertz CT molecular complexity index is 1010. The summed E-state index contributed by atoms with van der Waals surface area (Å²) in [6.45, 7) is 2.60. The number of hydrogen-bond donors (Lipinski definition) is 1. The number of ether oxygens (including phenoxy) is 1. The molecule has 0 radical (unpaired) electrons. The third kappa shape index (κ3) is 4.04. The first-order chi connectivity index (χ1) is 14.1. The monoisotopic (exact) mass is 427 g/mol. The first kappa shape index (κ1) is 19.6. The molecule has 2 aromatic heterocycles. The minimum atomic E-state index is -0.460. The summed E-state index contributed by atoms with van der Waals surface area (Å²) in [5.74, 6) is 0.535. The van der Waals surface area contributed by atoms with Gasteiger partial charge >= 0.3 is 0 Å². The van der Waals surface area contributed by atoms with Gasteiger partial charge in [-0.1, -0.05) is 12.1 Å². The summed E-state index contributed by atoms with van der Waals surface area (Å²) < 4.78 is 5.22. The predicted molar refractivity (Wildman–Crippen MR) is 116 cm³/mol. The third-order valence-electron chi connectivity index (χ3n) is 5.01. The normalized spacial score (nSPS) is 16.1. The summed E-state index contributed by atoms with van der Waals surface area (Å²) in [5.41, 5.74) is 2.07. The van der Waals surface area contributed by atoms with Gasteiger partial charge in [0.15, 0.2) is 5.13 Å². The molecular weight excluding hydrogens is 406 g/mol. The molecule has 1 saturated heterocycles. The Balaban J connectivity index is 1.53. The number of aromatic nitrogens is 1. The Labute approximate surface area is 177 Å². The number of benzene rings is 1. The van der Waals surface area contributed by atoms with E-state index in [0.29, 0.717) is 23.0 Å². The van der Waals surface area contributed by atoms with Crippen molar-refractivity contribution in [2.24, 2.45) is 0 Å². The van der Waals surface area contributed by atoms with Gasteiger partial charge in [0.2, 0.25) is 5.91 Å². The minimum Gasteiger partial charge on any atom is -0.497 e. The zero-order valence-electron chi connectivity index (χ0n) is 16.2. The zero-order valence-corrected chi connectivity index (χ0v) is 17.8. The Hall–Kier alpha value is -2.71. The smallest absolute Gasteiger partial charge is 0.264 e. The predicted octanol–water partition coefficient (Wildman–Crippen LogP) is 4.43. The molecule has 1 aliphatic rings. The average molecular weight is 428 g/mol. The molecule has 2 amide bonds. The third-order valence-corrected chi connectivity index (χ3v) is 6.74. The highest BCUT2D eigenvalue weighted by atomic mass is 32.1. The summed E-state index contributed by atoms with van der Waals surface area (Å²) in [6.07, 6.45) is 3.13. The van der Waals surface area contributed by atoms with Crippen molar-refractivity contribution >= 4 is 39.6 Å². The van der Waals surface area contributed by atoms with E-state index in [1.165, 1.54) is 22.7 Å². The van der Waals surface area contributed by atoms with Crippen LogP contribution in [0.4, 0.5) is 5.13 Å². The molecule has 29 heavy (non-hydrogen) atoms. The van der Waals surface area contributed by atoms with Crippen LogP contribution in [-0.2, 0) is 4.79 Å². The molecule has 0 saturated carbocycles. The standard InChI is InChI=1S/C21H21N3O3S2/c1-13-16(14-5-7-15(27-2)8-6-14)12-18(29-13)20(26)24-10-3-4-17(24)19(25)23-21-22-9-11-28-21/h5-9,11-12,17H,3-4,10H2,1-2H3,(H,22,23,25). The number of aryl methyl sites for hydroxylation is 1. The Kier molecular flexibility index (Phi) is 5.64. The van der Waals surface area contributed by atoms with Crippen LogP contribution in [0.25, 0.3) is 11.1 Å². The number of carbonyl (C=O) groups is 2. The van der Waals surface area contributed by atoms with Crippen LogP contribution in [0.15, 0.2) is 41.9 Å². The number of methoxy groups -OCH3 is 1. The molecule has 0 aliphatic carbocycles. The van der Waals surface area contributed by atoms with Gasteiger partial charge in [-0.05, 0) is 49.1 Å². The van der Waals surface area contributed by atoms with Crippen molar-refractivity contribution in [3.8, 4) is 16.9 Å². The summed E-state index contributed by atoms with van der Waals surface area (Å²) in [6, 6.07) is 9.27. The van der Waals surface area contributed by atoms with Crippen LogP contribution < -0.4 is 10.1 Å². The van der Waals surface area contributed by atoms with Crippen LogP contribution in [0.5, 0.6) is 5.75 Å². The Morgan fingerprint density at radius 3 is 2.76 bits per heavy atom. The Morgan fingerprint density at radius 1 is 1.28 bits per heavy atom. The van der Waals surface area contributed by atoms with Crippen LogP contribution in [0.3, 0.4) is 0 Å². The van der Waals surface area contributed by atoms with Crippen molar-refractivity contribution < 1.29 is 14.3 Å². The topological polar surface area (TPSA) is 71.5 Å². The first-order valence-electron chi connectivity index (χ1n) is 9.33. The second-order valence-corrected chi connectivity index (χ2v) is 8.94. The lowest BCUT2D eigenvalue weighted by atomic mass is 10.1. The van der Waals surface area contributed by atoms with Crippen LogP contribution >= 0.6 is 22.7 Å². The molecule has 150 valence electrons. The van der Waals surface area contributed by atoms with E-state index in [1.807, 2.05) is 42.6 Å². The van der Waals surface area contributed by atoms with Crippen molar-refractivity contribution in [1.29, 1.82) is 0 Å². The molecule has 0 spiro atoms. The maximum absolute atomic E-state index is 13.2. The molecule has 3 aromatic rings. The van der Waals surface area contributed by atoms with Gasteiger partial charge in [0, 0.05) is 23.0 Å². The molecule has 4 rings (SSSR count). The first-order valence-corrected chi connectivity index (χ1v) is 11.0. The number of thiophene rings is 1. The van der Waals surface area contributed by atoms with Gasteiger partial charge in [0.05, 0.1) is 12.0 Å². The second kappa shape index (κ2) is 8.34. The lowest BCUT2D eigenvalue weighted by molar-refractivity contribution is -0.119. The highest BCUT2D eigenvalue weighted by molar-refractivity contribution is 7.14. The van der Waals surface area contributed by atoms with Crippen LogP contribution in [0.1, 0.15) is 27.4 Å². The van der Waals surface area contributed by atoms with Crippen molar-refractivity contribution in [3.63, 3.8) is 0 Å². The van der Waals surface area contributed by atoms with E-state index in [-0.39, 0.29) is 11.8 Å². The molecule has 1 unspecified atom stereocenters. The summed E-state index contributed by atoms with van der Waals surface area (Å²) >= 11 is 2.84. The molecule has 3 heterocycles. The SMILES string of the molecule is COc1ccc(-c2cc(C(=O)N3CCCC3C(=O)Nc3nccs3)sc2C)cc1. The van der Waals surface area contributed by atoms with E-state index in [0.717, 1.165) is 28.2 Å². The van der Waals surface area contributed by atoms with Gasteiger partial charge in [-0.25, -0.2) is 4.98 Å². The molecule has 1 aromatic carbocycles. The molecular formula is C21H21N3O3S2. The van der Waals surface area contributed by atoms with Crippen LogP contribution in [0, 0.1) is 6.92 Å². The van der Waals surface area contributed by atoms with E-state index < -0.39 is 6.04 Å². The Morgan fingerprint density at radius 2 is 2.07 bits per heavy atom. The van der Waals surface area contributed by atoms with E-state index in [4.69, 9.17) is 4.74 Å². The number of rotatable bonds is 5. The summed E-state index contributed by atoms with van der Waals surface area (Å²) in [4.78, 5) is 33.4. The van der Waals surface area contributed by atoms with E-state index >= 15 is 0 Å². The average Bonchev–Trinajstić information content (AvgIpc) is 3.48. The van der Waals surface area contributed by atoms with Crippen LogP contribution in [0.2, 0.25) is 0 Å². The van der Waals surface area contributed by atoms with E-state index in [9.17, 15) is 9.59 Å². The van der Waals surface area contributed by atoms with Gasteiger partial charge in [0.25, 0.3) is 5.91 Å².